The van der Waals surface area contributed by atoms with Gasteiger partial charge in [-0.2, -0.15) is 22.0 Å². The molecule has 42 heavy (non-hydrogen) atoms. The number of alkyl halides is 6. The highest BCUT2D eigenvalue weighted by atomic mass is 35.5. The molecule has 4 aromatic rings. The summed E-state index contributed by atoms with van der Waals surface area (Å²) in [6.07, 6.45) is -10.5. The van der Waals surface area contributed by atoms with Gasteiger partial charge in [0.15, 0.2) is 0 Å². The molecule has 0 saturated carbocycles. The molecule has 3 aromatic carbocycles. The molecule has 1 heterocycles. The van der Waals surface area contributed by atoms with Crippen molar-refractivity contribution in [2.45, 2.75) is 37.3 Å². The van der Waals surface area contributed by atoms with E-state index in [0.717, 1.165) is 18.2 Å². The summed E-state index contributed by atoms with van der Waals surface area (Å²) in [5.74, 6) is -2.94. The number of benzene rings is 3. The quantitative estimate of drug-likeness (QED) is 0.195. The lowest BCUT2D eigenvalue weighted by molar-refractivity contribution is -0.215. The van der Waals surface area contributed by atoms with Gasteiger partial charge >= 0.3 is 12.3 Å². The zero-order valence-electron chi connectivity index (χ0n) is 21.7. The van der Waals surface area contributed by atoms with Gasteiger partial charge in [-0.1, -0.05) is 54.1 Å². The van der Waals surface area contributed by atoms with Gasteiger partial charge in [0.1, 0.15) is 17.1 Å². The Balaban J connectivity index is 1.87. The second-order valence-corrected chi connectivity index (χ2v) is 9.82. The van der Waals surface area contributed by atoms with Crippen LogP contribution < -0.4 is 10.1 Å². The van der Waals surface area contributed by atoms with E-state index in [1.165, 1.54) is 30.5 Å². The molecule has 0 radical (unpaired) electrons. The average molecular weight is 611 g/mol. The summed E-state index contributed by atoms with van der Waals surface area (Å²) >= 11 is 6.04. The maximum absolute atomic E-state index is 14.0. The van der Waals surface area contributed by atoms with Crippen LogP contribution in [0.5, 0.6) is 5.75 Å². The highest BCUT2D eigenvalue weighted by Gasteiger charge is 2.41. The number of amides is 1. The van der Waals surface area contributed by atoms with Gasteiger partial charge in [-0.15, -0.1) is 0 Å². The summed E-state index contributed by atoms with van der Waals surface area (Å²) in [6.45, 7) is 0.640. The Labute approximate surface area is 241 Å². The fraction of sp³-hybridized carbons (Fsp3) is 0.200. The number of nitrogens with one attached hydrogen (secondary N) is 1. The number of carbonyl (C=O) groups excluding carboxylic acids is 1. The Morgan fingerprint density at radius 1 is 0.952 bits per heavy atom. The van der Waals surface area contributed by atoms with Crippen molar-refractivity contribution in [3.8, 4) is 5.75 Å². The lowest BCUT2D eigenvalue weighted by Crippen LogP contribution is -2.49. The minimum absolute atomic E-state index is 0.0145. The van der Waals surface area contributed by atoms with Crippen molar-refractivity contribution in [3.63, 3.8) is 0 Å². The van der Waals surface area contributed by atoms with Crippen LogP contribution in [0.15, 0.2) is 91.1 Å². The predicted octanol–water partition coefficient (Wildman–Crippen LogP) is 8.14. The molecule has 4 rings (SSSR count). The van der Waals surface area contributed by atoms with Crippen molar-refractivity contribution in [2.75, 3.05) is 0 Å². The Hall–Kier alpha value is -4.12. The number of carbonyl (C=O) groups is 1. The number of aromatic nitrogens is 1. The predicted molar refractivity (Wildman–Crippen MR) is 142 cm³/mol. The van der Waals surface area contributed by atoms with E-state index in [1.807, 2.05) is 0 Å². The van der Waals surface area contributed by atoms with Crippen LogP contribution in [0.2, 0.25) is 5.02 Å². The van der Waals surface area contributed by atoms with E-state index in [9.17, 15) is 35.5 Å². The highest BCUT2D eigenvalue weighted by molar-refractivity contribution is 6.30. The Morgan fingerprint density at radius 3 is 2.19 bits per heavy atom. The number of ether oxygens (including phenoxy) is 1. The van der Waals surface area contributed by atoms with Gasteiger partial charge in [0.25, 0.3) is 5.91 Å². The van der Waals surface area contributed by atoms with E-state index in [1.54, 1.807) is 30.3 Å². The largest absolute Gasteiger partial charge is 0.430 e. The van der Waals surface area contributed by atoms with Gasteiger partial charge in [0.05, 0.1) is 16.3 Å². The molecule has 2 atom stereocenters. The monoisotopic (exact) mass is 610 g/mol. The first-order chi connectivity index (χ1) is 19.7. The molecule has 0 aliphatic carbocycles. The molecule has 1 amide bonds. The molecule has 1 N–H and O–H groups in total. The van der Waals surface area contributed by atoms with E-state index in [2.05, 4.69) is 15.0 Å². The highest BCUT2D eigenvalue weighted by Crippen LogP contribution is 2.37. The van der Waals surface area contributed by atoms with Crippen LogP contribution in [-0.4, -0.2) is 23.2 Å². The minimum atomic E-state index is -5.06. The smallest absolute Gasteiger partial charge is 0.429 e. The minimum Gasteiger partial charge on any atom is -0.430 e. The van der Waals surface area contributed by atoms with Gasteiger partial charge in [0, 0.05) is 18.2 Å². The average Bonchev–Trinajstić information content (AvgIpc) is 2.93. The molecule has 2 unspecified atom stereocenters. The molecule has 0 aliphatic heterocycles. The normalized spacial score (nSPS) is 14.1. The van der Waals surface area contributed by atoms with Crippen LogP contribution in [0.3, 0.4) is 0 Å². The molecular formula is C30H22ClF7N2O2. The van der Waals surface area contributed by atoms with E-state index < -0.39 is 46.8 Å². The number of pyridine rings is 1. The number of halogens is 8. The second-order valence-electron chi connectivity index (χ2n) is 9.38. The summed E-state index contributed by atoms with van der Waals surface area (Å²) in [5.41, 5.74) is -2.63. The zero-order chi connectivity index (χ0) is 30.7. The molecule has 0 bridgehead atoms. The van der Waals surface area contributed by atoms with Crippen LogP contribution >= 0.6 is 11.6 Å². The Bertz CT molecular complexity index is 1530. The van der Waals surface area contributed by atoms with E-state index >= 15 is 0 Å². The molecule has 1 aromatic heterocycles. The van der Waals surface area contributed by atoms with Gasteiger partial charge < -0.3 is 10.1 Å². The third-order valence-electron chi connectivity index (χ3n) is 6.40. The number of rotatable bonds is 9. The maximum atomic E-state index is 14.0. The molecule has 0 aliphatic rings. The van der Waals surface area contributed by atoms with Gasteiger partial charge in [-0.05, 0) is 60.5 Å². The lowest BCUT2D eigenvalue weighted by atomic mass is 9.80. The van der Waals surface area contributed by atoms with Crippen LogP contribution in [0.4, 0.5) is 30.7 Å². The van der Waals surface area contributed by atoms with Gasteiger partial charge in [-0.3, -0.25) is 9.78 Å². The third-order valence-corrected chi connectivity index (χ3v) is 6.63. The van der Waals surface area contributed by atoms with Crippen LogP contribution in [0.1, 0.15) is 39.7 Å². The standard InChI is InChI=1S/C30H22ClF7N2O2/c1-18(32)30(37,38)42-23-11-8-21(9-12-23)28(16-19-5-3-2-4-6-19,26-14-10-22(31)17-39-26)40-27(41)20-7-13-25(33)24(15-20)29(34,35)36/h2-15,17-18H,16H2,1H3,(H,40,41). The van der Waals surface area contributed by atoms with Crippen molar-refractivity contribution in [1.82, 2.24) is 10.3 Å². The fourth-order valence-corrected chi connectivity index (χ4v) is 4.36. The summed E-state index contributed by atoms with van der Waals surface area (Å²) in [6, 6.07) is 18.4. The third kappa shape index (κ3) is 6.84. The second kappa shape index (κ2) is 12.0. The summed E-state index contributed by atoms with van der Waals surface area (Å²) < 4.78 is 99.8. The van der Waals surface area contributed by atoms with E-state index in [4.69, 9.17) is 11.6 Å². The van der Waals surface area contributed by atoms with Gasteiger partial charge in [0.2, 0.25) is 6.17 Å². The number of hydrogen-bond acceptors (Lipinski definition) is 3. The first kappa shape index (κ1) is 30.8. The maximum Gasteiger partial charge on any atom is 0.429 e. The molecule has 12 heteroatoms. The van der Waals surface area contributed by atoms with Crippen LogP contribution in [0.25, 0.3) is 0 Å². The Kier molecular flexibility index (Phi) is 8.81. The molecule has 0 fully saturated rings. The molecule has 4 nitrogen and oxygen atoms in total. The summed E-state index contributed by atoms with van der Waals surface area (Å²) in [7, 11) is 0. The molecule has 220 valence electrons. The van der Waals surface area contributed by atoms with Crippen LogP contribution in [0, 0.1) is 5.82 Å². The first-order valence-electron chi connectivity index (χ1n) is 12.4. The SMILES string of the molecule is CC(F)C(F)(F)Oc1ccc(C(Cc2ccccc2)(NC(=O)c2ccc(F)c(C(F)(F)F)c2)c2ccc(Cl)cn2)cc1. The van der Waals surface area contributed by atoms with Crippen molar-refractivity contribution in [1.29, 1.82) is 0 Å². The Morgan fingerprint density at radius 2 is 1.62 bits per heavy atom. The molecule has 0 saturated heterocycles. The summed E-state index contributed by atoms with van der Waals surface area (Å²) in [5, 5.41) is 3.00. The van der Waals surface area contributed by atoms with Crippen molar-refractivity contribution in [2.24, 2.45) is 0 Å². The first-order valence-corrected chi connectivity index (χ1v) is 12.8. The zero-order valence-corrected chi connectivity index (χ0v) is 22.5. The number of nitrogens with zero attached hydrogens (tertiary/aromatic N) is 1. The van der Waals surface area contributed by atoms with Crippen molar-refractivity contribution < 1.29 is 40.3 Å². The number of hydrogen-bond donors (Lipinski definition) is 1. The van der Waals surface area contributed by atoms with Gasteiger partial charge in [-0.25, -0.2) is 8.78 Å². The molecule has 0 spiro atoms. The topological polar surface area (TPSA) is 51.2 Å². The van der Waals surface area contributed by atoms with Crippen molar-refractivity contribution in [3.05, 3.63) is 130 Å². The summed E-state index contributed by atoms with van der Waals surface area (Å²) in [4.78, 5) is 17.9. The lowest BCUT2D eigenvalue weighted by Gasteiger charge is -2.36. The van der Waals surface area contributed by atoms with E-state index in [0.29, 0.717) is 24.6 Å². The molecular weight excluding hydrogens is 589 g/mol. The van der Waals surface area contributed by atoms with Crippen molar-refractivity contribution >= 4 is 17.5 Å². The van der Waals surface area contributed by atoms with E-state index in [-0.39, 0.29) is 28.5 Å². The fourth-order valence-electron chi connectivity index (χ4n) is 4.25. The van der Waals surface area contributed by atoms with Crippen LogP contribution in [-0.2, 0) is 18.1 Å².